The van der Waals surface area contributed by atoms with E-state index in [1.807, 2.05) is 24.3 Å². The van der Waals surface area contributed by atoms with Gasteiger partial charge in [-0.3, -0.25) is 4.79 Å². The number of allylic oxidation sites excluding steroid dienone is 3. The third kappa shape index (κ3) is 1.56. The van der Waals surface area contributed by atoms with Crippen LogP contribution in [0.25, 0.3) is 0 Å². The van der Waals surface area contributed by atoms with Crippen molar-refractivity contribution in [2.75, 3.05) is 13.6 Å². The average molecular weight is 189 g/mol. The number of hydrogen-bond donors (Lipinski definition) is 1. The Hall–Kier alpha value is -1.55. The van der Waals surface area contributed by atoms with Crippen molar-refractivity contribution in [2.45, 2.75) is 0 Å². The first-order valence-electron chi connectivity index (χ1n) is 4.51. The SMILES string of the molecule is CNCC1=NC(=O)C2C=CC=CC2=N1. The summed E-state index contributed by atoms with van der Waals surface area (Å²) in [6, 6.07) is 0. The van der Waals surface area contributed by atoms with E-state index >= 15 is 0 Å². The zero-order valence-corrected chi connectivity index (χ0v) is 7.90. The van der Waals surface area contributed by atoms with Gasteiger partial charge in [-0.2, -0.15) is 4.99 Å². The molecule has 0 aromatic rings. The number of amidine groups is 1. The summed E-state index contributed by atoms with van der Waals surface area (Å²) in [5.41, 5.74) is 0.790. The van der Waals surface area contributed by atoms with E-state index in [0.29, 0.717) is 12.4 Å². The van der Waals surface area contributed by atoms with E-state index in [1.54, 1.807) is 7.05 Å². The second-order valence-corrected chi connectivity index (χ2v) is 3.15. The third-order valence-electron chi connectivity index (χ3n) is 2.10. The number of amides is 1. The maximum Gasteiger partial charge on any atom is 0.260 e. The number of nitrogens with one attached hydrogen (secondary N) is 1. The fraction of sp³-hybridized carbons (Fsp3) is 0.300. The summed E-state index contributed by atoms with van der Waals surface area (Å²) in [6.45, 7) is 0.527. The van der Waals surface area contributed by atoms with Crippen LogP contribution < -0.4 is 5.32 Å². The molecule has 72 valence electrons. The van der Waals surface area contributed by atoms with Crippen LogP contribution in [0.5, 0.6) is 0 Å². The summed E-state index contributed by atoms with van der Waals surface area (Å²) in [5.74, 6) is 0.171. The molecule has 1 amide bonds. The number of rotatable bonds is 2. The minimum Gasteiger partial charge on any atom is -0.313 e. The Morgan fingerprint density at radius 2 is 2.29 bits per heavy atom. The molecular formula is C10H11N3O. The molecule has 4 heteroatoms. The summed E-state index contributed by atoms with van der Waals surface area (Å²) in [6.07, 6.45) is 7.40. The first-order valence-corrected chi connectivity index (χ1v) is 4.51. The van der Waals surface area contributed by atoms with E-state index in [9.17, 15) is 4.79 Å². The molecule has 0 saturated heterocycles. The monoisotopic (exact) mass is 189 g/mol. The molecule has 0 spiro atoms. The van der Waals surface area contributed by atoms with Crippen molar-refractivity contribution in [2.24, 2.45) is 15.9 Å². The van der Waals surface area contributed by atoms with Gasteiger partial charge >= 0.3 is 0 Å². The van der Waals surface area contributed by atoms with Gasteiger partial charge in [0.15, 0.2) is 0 Å². The lowest BCUT2D eigenvalue weighted by Gasteiger charge is -2.17. The smallest absolute Gasteiger partial charge is 0.260 e. The predicted molar refractivity (Wildman–Crippen MR) is 55.6 cm³/mol. The second kappa shape index (κ2) is 3.67. The fourth-order valence-electron chi connectivity index (χ4n) is 1.46. The van der Waals surface area contributed by atoms with Crippen molar-refractivity contribution in [1.29, 1.82) is 0 Å². The number of aliphatic imine (C=N–C) groups is 2. The first kappa shape index (κ1) is 9.02. The second-order valence-electron chi connectivity index (χ2n) is 3.15. The molecule has 1 heterocycles. The molecule has 0 aromatic carbocycles. The normalized spacial score (nSPS) is 24.4. The predicted octanol–water partition coefficient (Wildman–Crippen LogP) is 0.328. The molecule has 1 unspecified atom stereocenters. The fourth-order valence-corrected chi connectivity index (χ4v) is 1.46. The Kier molecular flexibility index (Phi) is 2.37. The molecule has 1 aliphatic heterocycles. The number of carbonyl (C=O) groups is 1. The van der Waals surface area contributed by atoms with E-state index in [-0.39, 0.29) is 11.8 Å². The van der Waals surface area contributed by atoms with Crippen molar-refractivity contribution in [1.82, 2.24) is 5.32 Å². The molecule has 2 rings (SSSR count). The van der Waals surface area contributed by atoms with Gasteiger partial charge in [-0.05, 0) is 13.1 Å². The average Bonchev–Trinajstić information content (AvgIpc) is 2.18. The summed E-state index contributed by atoms with van der Waals surface area (Å²) in [5, 5.41) is 2.92. The van der Waals surface area contributed by atoms with Crippen molar-refractivity contribution >= 4 is 17.5 Å². The number of hydrogen-bond acceptors (Lipinski definition) is 3. The minimum atomic E-state index is -0.263. The summed E-state index contributed by atoms with van der Waals surface area (Å²) in [7, 11) is 1.80. The Bertz CT molecular complexity index is 377. The highest BCUT2D eigenvalue weighted by Gasteiger charge is 2.25. The van der Waals surface area contributed by atoms with Crippen molar-refractivity contribution in [3.8, 4) is 0 Å². The largest absolute Gasteiger partial charge is 0.313 e. The number of likely N-dealkylation sites (N-methyl/N-ethyl adjacent to an activating group) is 1. The van der Waals surface area contributed by atoms with Crippen LogP contribution in [0.4, 0.5) is 0 Å². The Labute approximate surface area is 82.1 Å². The van der Waals surface area contributed by atoms with Crippen LogP contribution in [0.3, 0.4) is 0 Å². The van der Waals surface area contributed by atoms with E-state index in [0.717, 1.165) is 5.71 Å². The lowest BCUT2D eigenvalue weighted by atomic mass is 9.96. The van der Waals surface area contributed by atoms with Gasteiger partial charge in [0.2, 0.25) is 0 Å². The van der Waals surface area contributed by atoms with Crippen LogP contribution >= 0.6 is 0 Å². The highest BCUT2D eigenvalue weighted by molar-refractivity contribution is 6.21. The Morgan fingerprint density at radius 1 is 1.43 bits per heavy atom. The number of fused-ring (bicyclic) bond motifs is 1. The minimum absolute atomic E-state index is 0.124. The van der Waals surface area contributed by atoms with Gasteiger partial charge < -0.3 is 5.32 Å². The van der Waals surface area contributed by atoms with Crippen LogP contribution in [-0.2, 0) is 4.79 Å². The highest BCUT2D eigenvalue weighted by Crippen LogP contribution is 2.15. The van der Waals surface area contributed by atoms with Crippen LogP contribution in [-0.4, -0.2) is 31.0 Å². The van der Waals surface area contributed by atoms with Gasteiger partial charge in [-0.25, -0.2) is 4.99 Å². The van der Waals surface area contributed by atoms with Crippen LogP contribution in [0, 0.1) is 5.92 Å². The van der Waals surface area contributed by atoms with E-state index in [4.69, 9.17) is 0 Å². The number of carbonyl (C=O) groups excluding carboxylic acids is 1. The highest BCUT2D eigenvalue weighted by atomic mass is 16.1. The molecule has 2 aliphatic rings. The van der Waals surface area contributed by atoms with Crippen LogP contribution in [0.15, 0.2) is 34.3 Å². The number of nitrogens with zero attached hydrogens (tertiary/aromatic N) is 2. The maximum absolute atomic E-state index is 11.5. The molecular weight excluding hydrogens is 178 g/mol. The van der Waals surface area contributed by atoms with Gasteiger partial charge in [0, 0.05) is 0 Å². The third-order valence-corrected chi connectivity index (χ3v) is 2.10. The van der Waals surface area contributed by atoms with E-state index in [2.05, 4.69) is 15.3 Å². The topological polar surface area (TPSA) is 53.8 Å². The molecule has 1 N–H and O–H groups in total. The summed E-state index contributed by atoms with van der Waals surface area (Å²) in [4.78, 5) is 19.7. The summed E-state index contributed by atoms with van der Waals surface area (Å²) < 4.78 is 0. The van der Waals surface area contributed by atoms with Gasteiger partial charge in [0.05, 0.1) is 12.3 Å². The van der Waals surface area contributed by atoms with Gasteiger partial charge in [-0.15, -0.1) is 0 Å². The lowest BCUT2D eigenvalue weighted by Crippen LogP contribution is -2.30. The molecule has 1 aliphatic carbocycles. The van der Waals surface area contributed by atoms with Crippen molar-refractivity contribution in [3.63, 3.8) is 0 Å². The lowest BCUT2D eigenvalue weighted by molar-refractivity contribution is -0.118. The van der Waals surface area contributed by atoms with Crippen LogP contribution in [0.2, 0.25) is 0 Å². The zero-order valence-electron chi connectivity index (χ0n) is 7.90. The first-order chi connectivity index (χ1) is 6.81. The molecule has 4 nitrogen and oxygen atoms in total. The van der Waals surface area contributed by atoms with Gasteiger partial charge in [0.25, 0.3) is 5.91 Å². The molecule has 14 heavy (non-hydrogen) atoms. The molecule has 0 aromatic heterocycles. The van der Waals surface area contributed by atoms with Gasteiger partial charge in [-0.1, -0.05) is 18.2 Å². The molecule has 0 bridgehead atoms. The Morgan fingerprint density at radius 3 is 3.07 bits per heavy atom. The standard InChI is InChI=1S/C10H11N3O/c1-11-6-9-12-8-5-3-2-4-7(8)10(14)13-9/h2-5,7,11H,6H2,1H3. The molecule has 1 atom stereocenters. The van der Waals surface area contributed by atoms with E-state index in [1.165, 1.54) is 0 Å². The van der Waals surface area contributed by atoms with Crippen molar-refractivity contribution in [3.05, 3.63) is 24.3 Å². The zero-order chi connectivity index (χ0) is 9.97. The Balaban J connectivity index is 2.29. The molecule has 0 radical (unpaired) electrons. The quantitative estimate of drug-likeness (QED) is 0.680. The van der Waals surface area contributed by atoms with E-state index < -0.39 is 0 Å². The van der Waals surface area contributed by atoms with Gasteiger partial charge in [0.1, 0.15) is 11.8 Å². The maximum atomic E-state index is 11.5. The van der Waals surface area contributed by atoms with Crippen molar-refractivity contribution < 1.29 is 4.79 Å². The molecule has 0 fully saturated rings. The van der Waals surface area contributed by atoms with Crippen LogP contribution in [0.1, 0.15) is 0 Å². The summed E-state index contributed by atoms with van der Waals surface area (Å²) >= 11 is 0. The molecule has 0 saturated carbocycles.